The number of hydrogen-bond donors (Lipinski definition) is 0. The Labute approximate surface area is 134 Å². The fourth-order valence-corrected chi connectivity index (χ4v) is 2.93. The Morgan fingerprint density at radius 3 is 1.50 bits per heavy atom. The topological polar surface area (TPSA) is 0 Å². The zero-order valence-electron chi connectivity index (χ0n) is 12.2. The third kappa shape index (κ3) is 1.95. The lowest BCUT2D eigenvalue weighted by molar-refractivity contribution is -0.294. The summed E-state index contributed by atoms with van der Waals surface area (Å²) in [5.41, 5.74) is -9.06. The zero-order chi connectivity index (χ0) is 17.6. The lowest BCUT2D eigenvalue weighted by atomic mass is 9.67. The molecular weight excluding hydrogens is 330 g/mol. The first-order valence-electron chi connectivity index (χ1n) is 7.12. The fourth-order valence-electron chi connectivity index (χ4n) is 2.93. The highest BCUT2D eigenvalue weighted by molar-refractivity contribution is 5.44. The van der Waals surface area contributed by atoms with Gasteiger partial charge in [-0.15, -0.1) is 0 Å². The smallest absolute Gasteiger partial charge is 0.230 e. The third-order valence-corrected chi connectivity index (χ3v) is 4.24. The van der Waals surface area contributed by atoms with Crippen molar-refractivity contribution in [1.82, 2.24) is 0 Å². The first kappa shape index (κ1) is 16.6. The van der Waals surface area contributed by atoms with Gasteiger partial charge in [0.2, 0.25) is 5.67 Å². The Balaban J connectivity index is 2.36. The maximum absolute atomic E-state index is 15.7. The molecule has 24 heavy (non-hydrogen) atoms. The summed E-state index contributed by atoms with van der Waals surface area (Å²) in [5.74, 6) is -10.1. The summed E-state index contributed by atoms with van der Waals surface area (Å²) in [6, 6.07) is 11.8. The molecule has 6 heteroatoms. The van der Waals surface area contributed by atoms with Crippen LogP contribution in [0.2, 0.25) is 0 Å². The Kier molecular flexibility index (Phi) is 3.55. The van der Waals surface area contributed by atoms with Gasteiger partial charge in [-0.25, -0.2) is 8.78 Å². The molecular formula is C18H12F6. The summed E-state index contributed by atoms with van der Waals surface area (Å²) >= 11 is 0. The quantitative estimate of drug-likeness (QED) is 0.495. The minimum absolute atomic E-state index is 0.187. The molecule has 0 spiro atoms. The number of rotatable bonds is 2. The highest BCUT2D eigenvalue weighted by atomic mass is 19.3. The van der Waals surface area contributed by atoms with Crippen LogP contribution in [0.15, 0.2) is 72.8 Å². The molecule has 0 amide bonds. The number of hydrogen-bond acceptors (Lipinski definition) is 0. The lowest BCUT2D eigenvalue weighted by Gasteiger charge is -2.47. The van der Waals surface area contributed by atoms with Gasteiger partial charge in [-0.3, -0.25) is 0 Å². The minimum Gasteiger partial charge on any atom is -0.230 e. The molecule has 0 nitrogen and oxygen atoms in total. The normalized spacial score (nSPS) is 30.9. The van der Waals surface area contributed by atoms with E-state index in [2.05, 4.69) is 0 Å². The molecule has 0 bridgehead atoms. The number of halogens is 6. The Bertz CT molecular complexity index is 756. The van der Waals surface area contributed by atoms with E-state index in [4.69, 9.17) is 0 Å². The molecule has 1 aliphatic rings. The highest BCUT2D eigenvalue weighted by Gasteiger charge is 2.79. The maximum Gasteiger partial charge on any atom is 0.355 e. The van der Waals surface area contributed by atoms with Gasteiger partial charge < -0.3 is 0 Å². The lowest BCUT2D eigenvalue weighted by Crippen LogP contribution is -2.64. The molecule has 1 aliphatic carbocycles. The Morgan fingerprint density at radius 1 is 0.542 bits per heavy atom. The van der Waals surface area contributed by atoms with Crippen molar-refractivity contribution in [3.05, 3.63) is 83.9 Å². The van der Waals surface area contributed by atoms with Crippen LogP contribution in [0.4, 0.5) is 26.3 Å². The number of benzene rings is 2. The van der Waals surface area contributed by atoms with Crippen LogP contribution in [0, 0.1) is 0 Å². The molecule has 2 atom stereocenters. The van der Waals surface area contributed by atoms with Crippen molar-refractivity contribution in [1.29, 1.82) is 0 Å². The van der Waals surface area contributed by atoms with E-state index in [0.29, 0.717) is 0 Å². The second kappa shape index (κ2) is 5.13. The van der Waals surface area contributed by atoms with E-state index in [1.165, 1.54) is 36.4 Å². The average Bonchev–Trinajstić information content (AvgIpc) is 2.59. The van der Waals surface area contributed by atoms with Gasteiger partial charge in [-0.2, -0.15) is 17.6 Å². The van der Waals surface area contributed by atoms with E-state index in [1.54, 1.807) is 0 Å². The Hall–Kier alpha value is -2.24. The van der Waals surface area contributed by atoms with Crippen LogP contribution in [0.1, 0.15) is 11.1 Å². The summed E-state index contributed by atoms with van der Waals surface area (Å²) < 4.78 is 87.8. The third-order valence-electron chi connectivity index (χ3n) is 4.24. The molecule has 0 saturated carbocycles. The predicted octanol–water partition coefficient (Wildman–Crippen LogP) is 5.56. The van der Waals surface area contributed by atoms with Gasteiger partial charge in [0, 0.05) is 0 Å². The van der Waals surface area contributed by atoms with Crippen LogP contribution in [0.3, 0.4) is 0 Å². The molecule has 0 fully saturated rings. The van der Waals surface area contributed by atoms with Gasteiger partial charge in [0.25, 0.3) is 0 Å². The fraction of sp³-hybridized carbons (Fsp3) is 0.222. The largest absolute Gasteiger partial charge is 0.355 e. The SMILES string of the molecule is FC1(F)C=CC(F)(c2ccccc2)C(F)(c2ccccc2)C1(F)F. The van der Waals surface area contributed by atoms with E-state index in [9.17, 15) is 17.6 Å². The molecule has 3 rings (SSSR count). The van der Waals surface area contributed by atoms with Crippen molar-refractivity contribution in [3.8, 4) is 0 Å². The first-order valence-corrected chi connectivity index (χ1v) is 7.12. The maximum atomic E-state index is 15.7. The van der Waals surface area contributed by atoms with E-state index < -0.39 is 34.3 Å². The van der Waals surface area contributed by atoms with Crippen molar-refractivity contribution < 1.29 is 26.3 Å². The zero-order valence-corrected chi connectivity index (χ0v) is 12.2. The number of alkyl halides is 6. The van der Waals surface area contributed by atoms with Crippen molar-refractivity contribution in [2.24, 2.45) is 0 Å². The monoisotopic (exact) mass is 342 g/mol. The minimum atomic E-state index is -5.29. The molecule has 0 aromatic heterocycles. The van der Waals surface area contributed by atoms with E-state index in [1.807, 2.05) is 0 Å². The molecule has 0 N–H and O–H groups in total. The van der Waals surface area contributed by atoms with Crippen molar-refractivity contribution in [2.45, 2.75) is 23.2 Å². The van der Waals surface area contributed by atoms with E-state index in [0.717, 1.165) is 24.3 Å². The molecule has 2 unspecified atom stereocenters. The van der Waals surface area contributed by atoms with Crippen molar-refractivity contribution in [2.75, 3.05) is 0 Å². The molecule has 0 radical (unpaired) electrons. The molecule has 0 aliphatic heterocycles. The van der Waals surface area contributed by atoms with Crippen molar-refractivity contribution >= 4 is 0 Å². The van der Waals surface area contributed by atoms with Crippen LogP contribution in [0.5, 0.6) is 0 Å². The molecule has 0 heterocycles. The second-order valence-corrected chi connectivity index (χ2v) is 5.63. The second-order valence-electron chi connectivity index (χ2n) is 5.63. The summed E-state index contributed by atoms with van der Waals surface area (Å²) in [4.78, 5) is 0. The highest BCUT2D eigenvalue weighted by Crippen LogP contribution is 2.63. The van der Waals surface area contributed by atoms with Gasteiger partial charge in [-0.05, 0) is 23.3 Å². The molecule has 2 aromatic rings. The van der Waals surface area contributed by atoms with Crippen LogP contribution in [-0.4, -0.2) is 11.8 Å². The van der Waals surface area contributed by atoms with Crippen LogP contribution in [0.25, 0.3) is 0 Å². The molecule has 2 aromatic carbocycles. The van der Waals surface area contributed by atoms with Gasteiger partial charge in [0.05, 0.1) is 0 Å². The van der Waals surface area contributed by atoms with Gasteiger partial charge in [0.1, 0.15) is 0 Å². The van der Waals surface area contributed by atoms with Gasteiger partial charge >= 0.3 is 11.8 Å². The van der Waals surface area contributed by atoms with Gasteiger partial charge in [-0.1, -0.05) is 60.7 Å². The van der Waals surface area contributed by atoms with Crippen LogP contribution < -0.4 is 0 Å². The van der Waals surface area contributed by atoms with Crippen LogP contribution >= 0.6 is 0 Å². The van der Waals surface area contributed by atoms with Crippen LogP contribution in [-0.2, 0) is 11.3 Å². The van der Waals surface area contributed by atoms with E-state index in [-0.39, 0.29) is 12.2 Å². The molecule has 0 saturated heterocycles. The van der Waals surface area contributed by atoms with E-state index >= 15 is 8.78 Å². The van der Waals surface area contributed by atoms with Gasteiger partial charge in [0.15, 0.2) is 5.67 Å². The summed E-state index contributed by atoms with van der Waals surface area (Å²) in [7, 11) is 0. The summed E-state index contributed by atoms with van der Waals surface area (Å²) in [6.45, 7) is 0. The Morgan fingerprint density at radius 2 is 1.00 bits per heavy atom. The molecule has 126 valence electrons. The number of allylic oxidation sites excluding steroid dienone is 2. The standard InChI is InChI=1S/C18H12F6/c19-15(13-7-3-1-4-8-13)11-12-16(20,21)18(23,24)17(15,22)14-9-5-2-6-10-14/h1-12H. The summed E-state index contributed by atoms with van der Waals surface area (Å²) in [6.07, 6.45) is -0.0759. The predicted molar refractivity (Wildman–Crippen MR) is 77.5 cm³/mol. The first-order chi connectivity index (χ1) is 11.2. The average molecular weight is 342 g/mol. The van der Waals surface area contributed by atoms with Crippen molar-refractivity contribution in [3.63, 3.8) is 0 Å². The summed E-state index contributed by atoms with van der Waals surface area (Å²) in [5, 5.41) is 0.